The summed E-state index contributed by atoms with van der Waals surface area (Å²) in [4.78, 5) is 17.2. The topological polar surface area (TPSA) is 46.9 Å². The van der Waals surface area contributed by atoms with Crippen molar-refractivity contribution < 1.29 is 4.79 Å². The van der Waals surface area contributed by atoms with E-state index in [1.807, 2.05) is 18.2 Å². The van der Waals surface area contributed by atoms with Gasteiger partial charge in [-0.15, -0.1) is 0 Å². The van der Waals surface area contributed by atoms with E-state index in [9.17, 15) is 4.79 Å². The Morgan fingerprint density at radius 2 is 1.80 bits per heavy atom. The lowest BCUT2D eigenvalue weighted by atomic mass is 9.87. The number of nitrogens with zero attached hydrogens (tertiary/aromatic N) is 2. The standard InChI is InChI=1S/C26H27N3O/c1-19-10-12-20(13-11-19)23(24-18-29(2)25-9-4-3-8-22(24)25)17-26(30)28-16-14-21-7-5-6-15-27-21/h3-13,15,18,23H,14,16-17H2,1-2H3,(H,28,30)/t23-/m1/s1. The molecule has 4 rings (SSSR count). The fourth-order valence-electron chi connectivity index (χ4n) is 3.99. The Balaban J connectivity index is 1.56. The minimum atomic E-state index is 0.00607. The molecule has 0 saturated carbocycles. The van der Waals surface area contributed by atoms with Gasteiger partial charge < -0.3 is 9.88 Å². The van der Waals surface area contributed by atoms with Gasteiger partial charge in [-0.3, -0.25) is 9.78 Å². The third-order valence-electron chi connectivity index (χ3n) is 5.60. The molecule has 4 heteroatoms. The van der Waals surface area contributed by atoms with E-state index in [0.29, 0.717) is 13.0 Å². The number of nitrogens with one attached hydrogen (secondary N) is 1. The van der Waals surface area contributed by atoms with Crippen LogP contribution in [0.15, 0.2) is 79.1 Å². The fraction of sp³-hybridized carbons (Fsp3) is 0.231. The normalized spacial score (nSPS) is 12.1. The Morgan fingerprint density at radius 1 is 1.03 bits per heavy atom. The van der Waals surface area contributed by atoms with Crippen molar-refractivity contribution in [1.29, 1.82) is 0 Å². The maximum absolute atomic E-state index is 12.9. The molecule has 0 aliphatic carbocycles. The minimum absolute atomic E-state index is 0.00607. The van der Waals surface area contributed by atoms with Crippen molar-refractivity contribution >= 4 is 16.8 Å². The largest absolute Gasteiger partial charge is 0.356 e. The Kier molecular flexibility index (Phi) is 5.94. The number of hydrogen-bond acceptors (Lipinski definition) is 2. The summed E-state index contributed by atoms with van der Waals surface area (Å²) in [5.41, 5.74) is 5.74. The molecule has 0 aliphatic rings. The molecule has 1 amide bonds. The van der Waals surface area contributed by atoms with E-state index < -0.39 is 0 Å². The number of fused-ring (bicyclic) bond motifs is 1. The SMILES string of the molecule is Cc1ccc([C@@H](CC(=O)NCCc2ccccn2)c2cn(C)c3ccccc23)cc1. The molecule has 0 radical (unpaired) electrons. The molecule has 152 valence electrons. The Labute approximate surface area is 177 Å². The molecule has 0 saturated heterocycles. The van der Waals surface area contributed by atoms with Crippen LogP contribution in [0.3, 0.4) is 0 Å². The summed E-state index contributed by atoms with van der Waals surface area (Å²) in [6.45, 7) is 2.67. The van der Waals surface area contributed by atoms with Gasteiger partial charge in [0.25, 0.3) is 0 Å². The average Bonchev–Trinajstić information content (AvgIpc) is 3.10. The monoisotopic (exact) mass is 397 g/mol. The maximum Gasteiger partial charge on any atom is 0.220 e. The zero-order chi connectivity index (χ0) is 20.9. The second-order valence-corrected chi connectivity index (χ2v) is 7.80. The van der Waals surface area contributed by atoms with Crippen molar-refractivity contribution in [2.45, 2.75) is 25.7 Å². The van der Waals surface area contributed by atoms with Crippen LogP contribution < -0.4 is 5.32 Å². The van der Waals surface area contributed by atoms with E-state index in [1.165, 1.54) is 22.0 Å². The van der Waals surface area contributed by atoms with Gasteiger partial charge in [0, 0.05) is 61.3 Å². The number of pyridine rings is 1. The molecule has 0 bridgehead atoms. The highest BCUT2D eigenvalue weighted by Gasteiger charge is 2.22. The number of carbonyl (C=O) groups is 1. The van der Waals surface area contributed by atoms with Crippen molar-refractivity contribution in [2.75, 3.05) is 6.54 Å². The van der Waals surface area contributed by atoms with Crippen LogP contribution in [-0.2, 0) is 18.3 Å². The first-order chi connectivity index (χ1) is 14.6. The zero-order valence-electron chi connectivity index (χ0n) is 17.5. The number of aromatic nitrogens is 2. The zero-order valence-corrected chi connectivity index (χ0v) is 17.5. The van der Waals surface area contributed by atoms with E-state index >= 15 is 0 Å². The van der Waals surface area contributed by atoms with Gasteiger partial charge in [-0.2, -0.15) is 0 Å². The summed E-state index contributed by atoms with van der Waals surface area (Å²) in [6, 6.07) is 22.8. The summed E-state index contributed by atoms with van der Waals surface area (Å²) in [5, 5.41) is 4.28. The molecule has 1 atom stereocenters. The number of hydrogen-bond donors (Lipinski definition) is 1. The van der Waals surface area contributed by atoms with Crippen molar-refractivity contribution in [3.05, 3.63) is 102 Å². The van der Waals surface area contributed by atoms with E-state index in [1.54, 1.807) is 6.20 Å². The maximum atomic E-state index is 12.9. The van der Waals surface area contributed by atoms with Crippen LogP contribution in [0.1, 0.15) is 34.7 Å². The molecule has 2 aromatic carbocycles. The molecule has 0 fully saturated rings. The van der Waals surface area contributed by atoms with E-state index in [2.05, 4.69) is 83.6 Å². The molecule has 0 aliphatic heterocycles. The van der Waals surface area contributed by atoms with Gasteiger partial charge in [-0.1, -0.05) is 54.1 Å². The summed E-state index contributed by atoms with van der Waals surface area (Å²) in [7, 11) is 2.06. The molecule has 0 unspecified atom stereocenters. The molecule has 2 heterocycles. The number of para-hydroxylation sites is 1. The first kappa shape index (κ1) is 19.9. The van der Waals surface area contributed by atoms with Crippen LogP contribution in [0.25, 0.3) is 10.9 Å². The van der Waals surface area contributed by atoms with Gasteiger partial charge in [0.2, 0.25) is 5.91 Å². The van der Waals surface area contributed by atoms with Crippen LogP contribution in [0, 0.1) is 6.92 Å². The predicted molar refractivity (Wildman–Crippen MR) is 122 cm³/mol. The predicted octanol–water partition coefficient (Wildman–Crippen LogP) is 4.76. The summed E-state index contributed by atoms with van der Waals surface area (Å²) < 4.78 is 2.14. The van der Waals surface area contributed by atoms with Crippen molar-refractivity contribution in [2.24, 2.45) is 7.05 Å². The molecule has 30 heavy (non-hydrogen) atoms. The lowest BCUT2D eigenvalue weighted by Gasteiger charge is -2.17. The Hall–Kier alpha value is -3.40. The van der Waals surface area contributed by atoms with Gasteiger partial charge in [-0.25, -0.2) is 0 Å². The molecule has 0 spiro atoms. The third-order valence-corrected chi connectivity index (χ3v) is 5.60. The first-order valence-corrected chi connectivity index (χ1v) is 10.4. The lowest BCUT2D eigenvalue weighted by molar-refractivity contribution is -0.121. The molecular weight excluding hydrogens is 370 g/mol. The van der Waals surface area contributed by atoms with E-state index in [4.69, 9.17) is 0 Å². The van der Waals surface area contributed by atoms with Crippen LogP contribution in [0.5, 0.6) is 0 Å². The number of benzene rings is 2. The smallest absolute Gasteiger partial charge is 0.220 e. The Bertz CT molecular complexity index is 1130. The van der Waals surface area contributed by atoms with Crippen LogP contribution in [-0.4, -0.2) is 22.0 Å². The first-order valence-electron chi connectivity index (χ1n) is 10.4. The lowest BCUT2D eigenvalue weighted by Crippen LogP contribution is -2.27. The summed E-state index contributed by atoms with van der Waals surface area (Å²) >= 11 is 0. The van der Waals surface area contributed by atoms with Gasteiger partial charge in [0.05, 0.1) is 0 Å². The average molecular weight is 398 g/mol. The van der Waals surface area contributed by atoms with Gasteiger partial charge in [0.1, 0.15) is 0 Å². The number of carbonyl (C=O) groups excluding carboxylic acids is 1. The van der Waals surface area contributed by atoms with Crippen LogP contribution in [0.2, 0.25) is 0 Å². The number of aryl methyl sites for hydroxylation is 2. The summed E-state index contributed by atoms with van der Waals surface area (Å²) in [6.07, 6.45) is 5.09. The van der Waals surface area contributed by atoms with Crippen LogP contribution in [0.4, 0.5) is 0 Å². The molecule has 1 N–H and O–H groups in total. The summed E-state index contributed by atoms with van der Waals surface area (Å²) in [5.74, 6) is 0.0657. The quantitative estimate of drug-likeness (QED) is 0.489. The number of amides is 1. The van der Waals surface area contributed by atoms with Gasteiger partial charge in [0.15, 0.2) is 0 Å². The van der Waals surface area contributed by atoms with E-state index in [0.717, 1.165) is 17.7 Å². The minimum Gasteiger partial charge on any atom is -0.356 e. The van der Waals surface area contributed by atoms with Gasteiger partial charge >= 0.3 is 0 Å². The molecule has 2 aromatic heterocycles. The molecule has 4 aromatic rings. The van der Waals surface area contributed by atoms with Crippen molar-refractivity contribution in [3.63, 3.8) is 0 Å². The Morgan fingerprint density at radius 3 is 2.57 bits per heavy atom. The second kappa shape index (κ2) is 8.95. The van der Waals surface area contributed by atoms with E-state index in [-0.39, 0.29) is 11.8 Å². The number of rotatable bonds is 7. The highest BCUT2D eigenvalue weighted by molar-refractivity contribution is 5.86. The highest BCUT2D eigenvalue weighted by Crippen LogP contribution is 2.34. The van der Waals surface area contributed by atoms with Crippen molar-refractivity contribution in [1.82, 2.24) is 14.9 Å². The van der Waals surface area contributed by atoms with Crippen molar-refractivity contribution in [3.8, 4) is 0 Å². The molecular formula is C26H27N3O. The fourth-order valence-corrected chi connectivity index (χ4v) is 3.99. The highest BCUT2D eigenvalue weighted by atomic mass is 16.1. The molecule has 4 nitrogen and oxygen atoms in total. The second-order valence-electron chi connectivity index (χ2n) is 7.80. The van der Waals surface area contributed by atoms with Crippen LogP contribution >= 0.6 is 0 Å². The third kappa shape index (κ3) is 4.43. The van der Waals surface area contributed by atoms with Gasteiger partial charge in [-0.05, 0) is 36.2 Å².